The first kappa shape index (κ1) is 35.9. The van der Waals surface area contributed by atoms with Gasteiger partial charge in [-0.3, -0.25) is 0 Å². The number of fused-ring (bicyclic) bond motifs is 7. The molecule has 11 aromatic carbocycles. The van der Waals surface area contributed by atoms with Crippen LogP contribution < -0.4 is 4.90 Å². The number of benzene rings is 11. The van der Waals surface area contributed by atoms with E-state index in [1.54, 1.807) is 0 Å². The van der Waals surface area contributed by atoms with Crippen LogP contribution in [0.25, 0.3) is 65.7 Å². The predicted molar refractivity (Wildman–Crippen MR) is 262 cm³/mol. The van der Waals surface area contributed by atoms with Crippen LogP contribution in [0.3, 0.4) is 0 Å². The lowest BCUT2D eigenvalue weighted by Crippen LogP contribution is -2.28. The van der Waals surface area contributed by atoms with Crippen molar-refractivity contribution >= 4 is 49.4 Å². The molecule has 0 saturated carbocycles. The van der Waals surface area contributed by atoms with Gasteiger partial charge in [-0.25, -0.2) is 0 Å². The zero-order chi connectivity index (χ0) is 41.0. The maximum atomic E-state index is 2.48. The van der Waals surface area contributed by atoms with Crippen LogP contribution in [0, 0.1) is 0 Å². The molecule has 0 unspecified atom stereocenters. The molecule has 1 aliphatic rings. The van der Waals surface area contributed by atoms with Gasteiger partial charge in [0.25, 0.3) is 0 Å². The highest BCUT2D eigenvalue weighted by atomic mass is 15.1. The first-order valence-corrected chi connectivity index (χ1v) is 21.5. The molecule has 0 spiro atoms. The van der Waals surface area contributed by atoms with Gasteiger partial charge in [-0.1, -0.05) is 212 Å². The molecule has 62 heavy (non-hydrogen) atoms. The fourth-order valence-electron chi connectivity index (χ4n) is 10.4. The molecular formula is C61H41N. The van der Waals surface area contributed by atoms with Gasteiger partial charge < -0.3 is 4.90 Å². The second-order valence-electron chi connectivity index (χ2n) is 16.4. The van der Waals surface area contributed by atoms with E-state index >= 15 is 0 Å². The van der Waals surface area contributed by atoms with E-state index in [-0.39, 0.29) is 0 Å². The SMILES string of the molecule is c1ccc(C2(c3ccccc3)c3ccccc3-c3ccc(N(c4ccc(-c5cc6ccccc6c6ccccc56)cc4)c4ccccc4-c4cccc5ccccc45)cc32)cc1. The van der Waals surface area contributed by atoms with Crippen molar-refractivity contribution in [1.82, 2.24) is 0 Å². The summed E-state index contributed by atoms with van der Waals surface area (Å²) < 4.78 is 0. The number of anilines is 3. The van der Waals surface area contributed by atoms with Crippen LogP contribution in [0.5, 0.6) is 0 Å². The van der Waals surface area contributed by atoms with Gasteiger partial charge in [-0.15, -0.1) is 0 Å². The molecule has 1 nitrogen and oxygen atoms in total. The van der Waals surface area contributed by atoms with E-state index in [4.69, 9.17) is 0 Å². The van der Waals surface area contributed by atoms with Gasteiger partial charge in [0.15, 0.2) is 0 Å². The van der Waals surface area contributed by atoms with Crippen molar-refractivity contribution in [3.8, 4) is 33.4 Å². The summed E-state index contributed by atoms with van der Waals surface area (Å²) in [6.07, 6.45) is 0. The van der Waals surface area contributed by atoms with Crippen LogP contribution in [0.2, 0.25) is 0 Å². The van der Waals surface area contributed by atoms with Crippen molar-refractivity contribution in [1.29, 1.82) is 0 Å². The average Bonchev–Trinajstić information content (AvgIpc) is 3.65. The van der Waals surface area contributed by atoms with E-state index in [1.165, 1.54) is 88.0 Å². The zero-order valence-electron chi connectivity index (χ0n) is 34.1. The Labute approximate surface area is 362 Å². The highest BCUT2D eigenvalue weighted by Crippen LogP contribution is 2.57. The summed E-state index contributed by atoms with van der Waals surface area (Å²) in [5.41, 5.74) is 15.2. The monoisotopic (exact) mass is 787 g/mol. The van der Waals surface area contributed by atoms with E-state index in [0.29, 0.717) is 0 Å². The number of hydrogen-bond acceptors (Lipinski definition) is 1. The Morgan fingerprint density at radius 3 is 1.56 bits per heavy atom. The molecule has 0 N–H and O–H groups in total. The summed E-state index contributed by atoms with van der Waals surface area (Å²) in [7, 11) is 0. The lowest BCUT2D eigenvalue weighted by Gasteiger charge is -2.35. The molecular weight excluding hydrogens is 747 g/mol. The Morgan fingerprint density at radius 1 is 0.274 bits per heavy atom. The van der Waals surface area contributed by atoms with E-state index in [1.807, 2.05) is 0 Å². The third-order valence-electron chi connectivity index (χ3n) is 13.1. The molecule has 0 amide bonds. The highest BCUT2D eigenvalue weighted by molar-refractivity contribution is 6.14. The van der Waals surface area contributed by atoms with Crippen molar-refractivity contribution in [2.24, 2.45) is 0 Å². The summed E-state index contributed by atoms with van der Waals surface area (Å²) in [5.74, 6) is 0. The zero-order valence-corrected chi connectivity index (χ0v) is 34.1. The molecule has 11 aromatic rings. The number of hydrogen-bond donors (Lipinski definition) is 0. The molecule has 0 heterocycles. The van der Waals surface area contributed by atoms with Gasteiger partial charge in [0, 0.05) is 16.9 Å². The minimum absolute atomic E-state index is 0.522. The quantitative estimate of drug-likeness (QED) is 0.145. The average molecular weight is 788 g/mol. The Hall–Kier alpha value is -8.00. The minimum atomic E-state index is -0.522. The van der Waals surface area contributed by atoms with Gasteiger partial charge in [0.1, 0.15) is 0 Å². The van der Waals surface area contributed by atoms with E-state index in [2.05, 4.69) is 254 Å². The predicted octanol–water partition coefficient (Wildman–Crippen LogP) is 16.3. The van der Waals surface area contributed by atoms with Gasteiger partial charge in [-0.2, -0.15) is 0 Å². The van der Waals surface area contributed by atoms with Gasteiger partial charge in [-0.05, 0) is 119 Å². The number of rotatable bonds is 7. The first-order chi connectivity index (χ1) is 30.8. The number of nitrogens with zero attached hydrogens (tertiary/aromatic N) is 1. The van der Waals surface area contributed by atoms with Crippen molar-refractivity contribution in [2.45, 2.75) is 5.41 Å². The molecule has 0 saturated heterocycles. The van der Waals surface area contributed by atoms with Gasteiger partial charge in [0.2, 0.25) is 0 Å². The third kappa shape index (κ3) is 5.56. The van der Waals surface area contributed by atoms with Gasteiger partial charge in [0.05, 0.1) is 11.1 Å². The van der Waals surface area contributed by atoms with Crippen LogP contribution in [-0.2, 0) is 5.41 Å². The van der Waals surface area contributed by atoms with Crippen LogP contribution in [0.1, 0.15) is 22.3 Å². The molecule has 0 radical (unpaired) electrons. The molecule has 0 fully saturated rings. The topological polar surface area (TPSA) is 3.24 Å². The number of para-hydroxylation sites is 1. The van der Waals surface area contributed by atoms with E-state index in [0.717, 1.165) is 17.1 Å². The molecule has 290 valence electrons. The summed E-state index contributed by atoms with van der Waals surface area (Å²) in [5, 5.41) is 7.51. The summed E-state index contributed by atoms with van der Waals surface area (Å²) >= 11 is 0. The second-order valence-corrected chi connectivity index (χ2v) is 16.4. The van der Waals surface area contributed by atoms with Crippen molar-refractivity contribution < 1.29 is 0 Å². The molecule has 0 bridgehead atoms. The Morgan fingerprint density at radius 2 is 0.806 bits per heavy atom. The molecule has 0 atom stereocenters. The Bertz CT molecular complexity index is 3410. The minimum Gasteiger partial charge on any atom is -0.310 e. The first-order valence-electron chi connectivity index (χ1n) is 21.5. The maximum absolute atomic E-state index is 2.48. The third-order valence-corrected chi connectivity index (χ3v) is 13.1. The van der Waals surface area contributed by atoms with Crippen molar-refractivity contribution in [3.63, 3.8) is 0 Å². The van der Waals surface area contributed by atoms with Gasteiger partial charge >= 0.3 is 0 Å². The lowest BCUT2D eigenvalue weighted by molar-refractivity contribution is 0.768. The smallest absolute Gasteiger partial charge is 0.0714 e. The Kier molecular flexibility index (Phi) is 8.47. The normalized spacial score (nSPS) is 12.6. The molecule has 0 aliphatic heterocycles. The van der Waals surface area contributed by atoms with Crippen LogP contribution in [-0.4, -0.2) is 0 Å². The largest absolute Gasteiger partial charge is 0.310 e. The standard InChI is InChI=1S/C61H41N/c1-3-21-45(22-4-1)61(46-23-5-2-6-24-46)58-32-15-13-29-54(58)55-39-38-48(41-59(55)61)62(60-33-16-14-30-56(60)52-31-17-20-42-18-7-9-25-49(42)52)47-36-34-43(35-37-47)57-40-44-19-8-10-26-50(44)51-27-11-12-28-53(51)57/h1-41H. The van der Waals surface area contributed by atoms with Crippen LogP contribution >= 0.6 is 0 Å². The van der Waals surface area contributed by atoms with Crippen LogP contribution in [0.4, 0.5) is 17.1 Å². The molecule has 0 aromatic heterocycles. The van der Waals surface area contributed by atoms with E-state index in [9.17, 15) is 0 Å². The van der Waals surface area contributed by atoms with E-state index < -0.39 is 5.41 Å². The molecule has 1 heteroatoms. The lowest BCUT2D eigenvalue weighted by atomic mass is 9.67. The molecule has 1 aliphatic carbocycles. The fourth-order valence-corrected chi connectivity index (χ4v) is 10.4. The van der Waals surface area contributed by atoms with Crippen molar-refractivity contribution in [2.75, 3.05) is 4.90 Å². The molecule has 12 rings (SSSR count). The fraction of sp³-hybridized carbons (Fsp3) is 0.0164. The maximum Gasteiger partial charge on any atom is 0.0714 e. The summed E-state index contributed by atoms with van der Waals surface area (Å²) in [6.45, 7) is 0. The van der Waals surface area contributed by atoms with Crippen LogP contribution in [0.15, 0.2) is 249 Å². The summed E-state index contributed by atoms with van der Waals surface area (Å²) in [4.78, 5) is 2.48. The second kappa shape index (κ2) is 14.6. The Balaban J connectivity index is 1.11. The van der Waals surface area contributed by atoms with Crippen molar-refractivity contribution in [3.05, 3.63) is 271 Å². The highest BCUT2D eigenvalue weighted by Gasteiger charge is 2.46. The summed E-state index contributed by atoms with van der Waals surface area (Å²) in [6, 6.07) is 91.7.